The van der Waals surface area contributed by atoms with Crippen molar-refractivity contribution in [1.82, 2.24) is 15.2 Å². The summed E-state index contributed by atoms with van der Waals surface area (Å²) in [7, 11) is 4.79. The second-order valence-corrected chi connectivity index (χ2v) is 6.63. The van der Waals surface area contributed by atoms with Gasteiger partial charge in [0.1, 0.15) is 29.8 Å². The average molecular weight is 391 g/mol. The lowest BCUT2D eigenvalue weighted by Crippen LogP contribution is -2.50. The van der Waals surface area contributed by atoms with Crippen LogP contribution in [0.5, 0.6) is 11.5 Å². The van der Waals surface area contributed by atoms with Crippen LogP contribution < -0.4 is 20.1 Å². The van der Waals surface area contributed by atoms with Gasteiger partial charge in [-0.05, 0) is 24.1 Å². The summed E-state index contributed by atoms with van der Waals surface area (Å²) in [5.41, 5.74) is 0.998. The minimum atomic E-state index is -1.16. The van der Waals surface area contributed by atoms with Crippen molar-refractivity contribution < 1.29 is 29.0 Å². The summed E-state index contributed by atoms with van der Waals surface area (Å²) >= 11 is 0. The number of carbonyl (C=O) groups is 3. The van der Waals surface area contributed by atoms with Gasteiger partial charge in [-0.15, -0.1) is 0 Å². The molecule has 0 aliphatic carbocycles. The van der Waals surface area contributed by atoms with Gasteiger partial charge in [-0.3, -0.25) is 14.4 Å². The van der Waals surface area contributed by atoms with E-state index in [4.69, 9.17) is 14.6 Å². The predicted octanol–water partition coefficient (Wildman–Crippen LogP) is 1.15. The Morgan fingerprint density at radius 2 is 1.75 bits per heavy atom. The standard InChI is InChI=1S/C19H25N3O6/c1-10(2)16(19(26)20-9-15(23)24)21-18(25)12-8-11-13(27-4)6-7-14(28-5)17(11)22(12)3/h6-8,10,16H,9H2,1-5H3,(H,20,26)(H,21,25)(H,23,24)/t16-/m0/s1. The van der Waals surface area contributed by atoms with Crippen LogP contribution in [0.15, 0.2) is 18.2 Å². The van der Waals surface area contributed by atoms with E-state index in [2.05, 4.69) is 10.6 Å². The minimum Gasteiger partial charge on any atom is -0.496 e. The number of amides is 2. The monoisotopic (exact) mass is 391 g/mol. The Labute approximate surface area is 162 Å². The number of hydrogen-bond donors (Lipinski definition) is 3. The second-order valence-electron chi connectivity index (χ2n) is 6.63. The van der Waals surface area contributed by atoms with Gasteiger partial charge in [-0.2, -0.15) is 0 Å². The Morgan fingerprint density at radius 3 is 2.29 bits per heavy atom. The zero-order valence-electron chi connectivity index (χ0n) is 16.5. The fraction of sp³-hybridized carbons (Fsp3) is 0.421. The fourth-order valence-corrected chi connectivity index (χ4v) is 2.99. The van der Waals surface area contributed by atoms with E-state index in [1.165, 1.54) is 14.2 Å². The number of carboxylic acids is 1. The maximum Gasteiger partial charge on any atom is 0.322 e. The van der Waals surface area contributed by atoms with E-state index in [0.717, 1.165) is 0 Å². The summed E-state index contributed by atoms with van der Waals surface area (Å²) in [6.07, 6.45) is 0. The Bertz CT molecular complexity index is 903. The van der Waals surface area contributed by atoms with Crippen molar-refractivity contribution in [3.63, 3.8) is 0 Å². The van der Waals surface area contributed by atoms with Crippen LogP contribution in [0.3, 0.4) is 0 Å². The summed E-state index contributed by atoms with van der Waals surface area (Å²) in [6.45, 7) is 3.01. The number of fused-ring (bicyclic) bond motifs is 1. The molecule has 1 heterocycles. The predicted molar refractivity (Wildman–Crippen MR) is 103 cm³/mol. The highest BCUT2D eigenvalue weighted by atomic mass is 16.5. The van der Waals surface area contributed by atoms with Crippen LogP contribution in [0, 0.1) is 5.92 Å². The molecule has 0 spiro atoms. The number of carboxylic acid groups (broad SMARTS) is 1. The zero-order chi connectivity index (χ0) is 21.0. The van der Waals surface area contributed by atoms with E-state index in [9.17, 15) is 14.4 Å². The number of hydrogen-bond acceptors (Lipinski definition) is 5. The number of rotatable bonds is 8. The molecule has 9 heteroatoms. The van der Waals surface area contributed by atoms with Crippen LogP contribution in [-0.2, 0) is 16.6 Å². The molecular formula is C19H25N3O6. The van der Waals surface area contributed by atoms with Crippen molar-refractivity contribution >= 4 is 28.7 Å². The summed E-state index contributed by atoms with van der Waals surface area (Å²) in [5.74, 6) is -1.25. The lowest BCUT2D eigenvalue weighted by Gasteiger charge is -2.21. The lowest BCUT2D eigenvalue weighted by molar-refractivity contribution is -0.138. The van der Waals surface area contributed by atoms with Crippen molar-refractivity contribution in [1.29, 1.82) is 0 Å². The average Bonchev–Trinajstić information content (AvgIpc) is 3.00. The number of methoxy groups -OCH3 is 2. The van der Waals surface area contributed by atoms with Crippen molar-refractivity contribution in [2.75, 3.05) is 20.8 Å². The molecule has 152 valence electrons. The Hall–Kier alpha value is -3.23. The quantitative estimate of drug-likeness (QED) is 0.621. The van der Waals surface area contributed by atoms with Gasteiger partial charge in [0.05, 0.1) is 19.7 Å². The third-order valence-corrected chi connectivity index (χ3v) is 4.44. The molecule has 0 unspecified atom stereocenters. The molecular weight excluding hydrogens is 366 g/mol. The summed E-state index contributed by atoms with van der Waals surface area (Å²) in [4.78, 5) is 35.8. The molecule has 2 amide bonds. The number of ether oxygens (including phenoxy) is 2. The first-order chi connectivity index (χ1) is 13.2. The van der Waals surface area contributed by atoms with Gasteiger partial charge in [-0.25, -0.2) is 0 Å². The summed E-state index contributed by atoms with van der Waals surface area (Å²) in [6, 6.07) is 4.28. The molecule has 1 atom stereocenters. The van der Waals surface area contributed by atoms with Crippen LogP contribution >= 0.6 is 0 Å². The number of nitrogens with one attached hydrogen (secondary N) is 2. The Morgan fingerprint density at radius 1 is 1.14 bits per heavy atom. The number of carbonyl (C=O) groups excluding carboxylic acids is 2. The van der Waals surface area contributed by atoms with Crippen LogP contribution in [0.1, 0.15) is 24.3 Å². The summed E-state index contributed by atoms with van der Waals surface area (Å²) in [5, 5.41) is 14.4. The Balaban J connectivity index is 2.37. The van der Waals surface area contributed by atoms with Crippen molar-refractivity contribution in [3.05, 3.63) is 23.9 Å². The highest BCUT2D eigenvalue weighted by Gasteiger charge is 2.27. The number of aliphatic carboxylic acids is 1. The molecule has 9 nitrogen and oxygen atoms in total. The van der Waals surface area contributed by atoms with Crippen molar-refractivity contribution in [2.24, 2.45) is 13.0 Å². The van der Waals surface area contributed by atoms with E-state index in [-0.39, 0.29) is 5.92 Å². The molecule has 2 aromatic rings. The molecule has 0 bridgehead atoms. The van der Waals surface area contributed by atoms with Crippen LogP contribution in [0.4, 0.5) is 0 Å². The van der Waals surface area contributed by atoms with Crippen molar-refractivity contribution in [2.45, 2.75) is 19.9 Å². The molecule has 28 heavy (non-hydrogen) atoms. The molecule has 1 aromatic carbocycles. The summed E-state index contributed by atoms with van der Waals surface area (Å²) < 4.78 is 12.4. The number of benzene rings is 1. The van der Waals surface area contributed by atoms with Gasteiger partial charge in [0, 0.05) is 12.4 Å². The fourth-order valence-electron chi connectivity index (χ4n) is 2.99. The number of nitrogens with zero attached hydrogens (tertiary/aromatic N) is 1. The molecule has 0 saturated heterocycles. The van der Waals surface area contributed by atoms with E-state index < -0.39 is 30.4 Å². The van der Waals surface area contributed by atoms with Gasteiger partial charge in [0.2, 0.25) is 5.91 Å². The molecule has 0 saturated carbocycles. The van der Waals surface area contributed by atoms with Gasteiger partial charge >= 0.3 is 5.97 Å². The van der Waals surface area contributed by atoms with E-state index in [1.54, 1.807) is 43.7 Å². The van der Waals surface area contributed by atoms with Crippen LogP contribution in [0.25, 0.3) is 10.9 Å². The molecule has 0 radical (unpaired) electrons. The lowest BCUT2D eigenvalue weighted by atomic mass is 10.0. The van der Waals surface area contributed by atoms with E-state index >= 15 is 0 Å². The van der Waals surface area contributed by atoms with Crippen LogP contribution in [0.2, 0.25) is 0 Å². The third-order valence-electron chi connectivity index (χ3n) is 4.44. The second kappa shape index (κ2) is 8.64. The highest BCUT2D eigenvalue weighted by Crippen LogP contribution is 2.35. The maximum atomic E-state index is 12.9. The molecule has 0 aliphatic rings. The first kappa shape index (κ1) is 21.1. The number of aryl methyl sites for hydroxylation is 1. The topological polar surface area (TPSA) is 119 Å². The molecule has 0 aliphatic heterocycles. The van der Waals surface area contributed by atoms with Gasteiger partial charge in [0.25, 0.3) is 5.91 Å². The van der Waals surface area contributed by atoms with Crippen LogP contribution in [-0.4, -0.2) is 54.3 Å². The first-order valence-electron chi connectivity index (χ1n) is 8.72. The van der Waals surface area contributed by atoms with E-state index in [0.29, 0.717) is 28.1 Å². The SMILES string of the molecule is COc1ccc(OC)c2c1cc(C(=O)N[C@H](C(=O)NCC(=O)O)C(C)C)n2C. The zero-order valence-corrected chi connectivity index (χ0v) is 16.5. The largest absolute Gasteiger partial charge is 0.496 e. The van der Waals surface area contributed by atoms with Crippen molar-refractivity contribution in [3.8, 4) is 11.5 Å². The minimum absolute atomic E-state index is 0.239. The number of aromatic nitrogens is 1. The molecule has 3 N–H and O–H groups in total. The molecule has 2 rings (SSSR count). The Kier molecular flexibility index (Phi) is 6.50. The highest BCUT2D eigenvalue weighted by molar-refractivity contribution is 6.03. The van der Waals surface area contributed by atoms with Gasteiger partial charge < -0.3 is 29.8 Å². The van der Waals surface area contributed by atoms with Gasteiger partial charge in [0.15, 0.2) is 0 Å². The van der Waals surface area contributed by atoms with E-state index in [1.807, 2.05) is 0 Å². The first-order valence-corrected chi connectivity index (χ1v) is 8.72. The normalized spacial score (nSPS) is 11.9. The molecule has 0 fully saturated rings. The molecule has 1 aromatic heterocycles. The maximum absolute atomic E-state index is 12.9. The smallest absolute Gasteiger partial charge is 0.322 e. The van der Waals surface area contributed by atoms with Gasteiger partial charge in [-0.1, -0.05) is 13.8 Å². The third kappa shape index (κ3) is 4.19.